The highest BCUT2D eigenvalue weighted by atomic mass is 79.9. The monoisotopic (exact) mass is 351 g/mol. The van der Waals surface area contributed by atoms with Gasteiger partial charge in [0.05, 0.1) is 0 Å². The zero-order chi connectivity index (χ0) is 13.4. The van der Waals surface area contributed by atoms with Gasteiger partial charge in [0.15, 0.2) is 0 Å². The minimum atomic E-state index is -3.31. The van der Waals surface area contributed by atoms with Gasteiger partial charge in [-0.25, -0.2) is 8.42 Å². The van der Waals surface area contributed by atoms with E-state index in [0.717, 1.165) is 19.3 Å². The molecule has 102 valence electrons. The summed E-state index contributed by atoms with van der Waals surface area (Å²) in [6, 6.07) is 1.79. The maximum atomic E-state index is 12.5. The van der Waals surface area contributed by atoms with E-state index in [0.29, 0.717) is 21.8 Å². The van der Waals surface area contributed by atoms with Gasteiger partial charge in [0.1, 0.15) is 4.21 Å². The van der Waals surface area contributed by atoms with Crippen LogP contribution in [0.1, 0.15) is 33.1 Å². The second-order valence-corrected chi connectivity index (χ2v) is 8.76. The SMILES string of the molecule is CCC1(CC)CCN(S(=O)(=O)c2sccc2Br)C1. The van der Waals surface area contributed by atoms with Crippen LogP contribution in [0, 0.1) is 5.41 Å². The molecule has 0 aromatic carbocycles. The molecule has 2 rings (SSSR count). The molecule has 1 aliphatic rings. The number of halogens is 1. The van der Waals surface area contributed by atoms with Crippen molar-refractivity contribution in [3.05, 3.63) is 15.9 Å². The molecule has 0 atom stereocenters. The summed E-state index contributed by atoms with van der Waals surface area (Å²) in [7, 11) is -3.31. The molecule has 6 heteroatoms. The summed E-state index contributed by atoms with van der Waals surface area (Å²) in [6.07, 6.45) is 3.06. The molecule has 0 radical (unpaired) electrons. The van der Waals surface area contributed by atoms with Crippen LogP contribution in [0.3, 0.4) is 0 Å². The third kappa shape index (κ3) is 2.40. The fraction of sp³-hybridized carbons (Fsp3) is 0.667. The third-order valence-corrected chi connectivity index (χ3v) is 8.55. The summed E-state index contributed by atoms with van der Waals surface area (Å²) in [4.78, 5) is 0. The quantitative estimate of drug-likeness (QED) is 0.828. The average Bonchev–Trinajstić information content (AvgIpc) is 2.96. The Kier molecular flexibility index (Phi) is 4.21. The van der Waals surface area contributed by atoms with E-state index in [9.17, 15) is 8.42 Å². The lowest BCUT2D eigenvalue weighted by molar-refractivity contribution is 0.280. The normalized spacial score (nSPS) is 20.4. The van der Waals surface area contributed by atoms with Crippen molar-refractivity contribution < 1.29 is 8.42 Å². The smallest absolute Gasteiger partial charge is 0.206 e. The van der Waals surface area contributed by atoms with E-state index < -0.39 is 10.0 Å². The first-order valence-electron chi connectivity index (χ1n) is 6.18. The molecule has 3 nitrogen and oxygen atoms in total. The maximum absolute atomic E-state index is 12.5. The molecular weight excluding hydrogens is 334 g/mol. The van der Waals surface area contributed by atoms with Crippen LogP contribution in [-0.2, 0) is 10.0 Å². The van der Waals surface area contributed by atoms with Crippen LogP contribution >= 0.6 is 27.3 Å². The fourth-order valence-corrected chi connectivity index (χ4v) is 6.51. The molecule has 0 aliphatic carbocycles. The van der Waals surface area contributed by atoms with Gasteiger partial charge in [-0.15, -0.1) is 11.3 Å². The molecule has 0 N–H and O–H groups in total. The molecule has 0 saturated carbocycles. The van der Waals surface area contributed by atoms with Crippen molar-refractivity contribution in [2.75, 3.05) is 13.1 Å². The van der Waals surface area contributed by atoms with Gasteiger partial charge < -0.3 is 0 Å². The van der Waals surface area contributed by atoms with Gasteiger partial charge in [-0.3, -0.25) is 0 Å². The molecule has 0 bridgehead atoms. The Labute approximate surface area is 121 Å². The predicted molar refractivity (Wildman–Crippen MR) is 78.4 cm³/mol. The van der Waals surface area contributed by atoms with Gasteiger partial charge in [-0.1, -0.05) is 13.8 Å². The van der Waals surface area contributed by atoms with Crippen molar-refractivity contribution in [1.82, 2.24) is 4.31 Å². The number of rotatable bonds is 4. The van der Waals surface area contributed by atoms with Gasteiger partial charge in [0.25, 0.3) is 10.0 Å². The first-order chi connectivity index (χ1) is 8.45. The second kappa shape index (κ2) is 5.23. The van der Waals surface area contributed by atoms with Crippen molar-refractivity contribution >= 4 is 37.3 Å². The highest BCUT2D eigenvalue weighted by Crippen LogP contribution is 2.41. The van der Waals surface area contributed by atoms with E-state index in [1.54, 1.807) is 15.8 Å². The van der Waals surface area contributed by atoms with Crippen LogP contribution in [0.15, 0.2) is 20.1 Å². The topological polar surface area (TPSA) is 37.4 Å². The molecule has 1 aromatic rings. The number of hydrogen-bond donors (Lipinski definition) is 0. The standard InChI is InChI=1S/C12H18BrNO2S2/c1-3-12(4-2)6-7-14(9-12)18(15,16)11-10(13)5-8-17-11/h5,8H,3-4,6-7,9H2,1-2H3. The maximum Gasteiger partial charge on any atom is 0.253 e. The number of nitrogens with zero attached hydrogens (tertiary/aromatic N) is 1. The minimum absolute atomic E-state index is 0.177. The molecule has 1 aromatic heterocycles. The Hall–Kier alpha value is 0.0900. The van der Waals surface area contributed by atoms with Crippen molar-refractivity contribution in [3.8, 4) is 0 Å². The highest BCUT2D eigenvalue weighted by molar-refractivity contribution is 9.10. The van der Waals surface area contributed by atoms with Crippen molar-refractivity contribution in [2.45, 2.75) is 37.3 Å². The van der Waals surface area contributed by atoms with E-state index >= 15 is 0 Å². The lowest BCUT2D eigenvalue weighted by Crippen LogP contribution is -2.31. The van der Waals surface area contributed by atoms with Crippen LogP contribution in [0.5, 0.6) is 0 Å². The molecule has 0 amide bonds. The average molecular weight is 352 g/mol. The molecule has 1 aliphatic heterocycles. The van der Waals surface area contributed by atoms with Gasteiger partial charge in [0, 0.05) is 17.6 Å². The fourth-order valence-electron chi connectivity index (χ4n) is 2.51. The molecular formula is C12H18BrNO2S2. The van der Waals surface area contributed by atoms with E-state index in [1.807, 2.05) is 0 Å². The Balaban J connectivity index is 2.27. The van der Waals surface area contributed by atoms with Gasteiger partial charge in [-0.2, -0.15) is 4.31 Å². The molecule has 0 unspecified atom stereocenters. The van der Waals surface area contributed by atoms with Crippen molar-refractivity contribution in [3.63, 3.8) is 0 Å². The third-order valence-electron chi connectivity index (χ3n) is 4.06. The van der Waals surface area contributed by atoms with E-state index in [1.165, 1.54) is 11.3 Å². The predicted octanol–water partition coefficient (Wildman–Crippen LogP) is 3.71. The summed E-state index contributed by atoms with van der Waals surface area (Å²) in [5.74, 6) is 0. The summed E-state index contributed by atoms with van der Waals surface area (Å²) in [5.41, 5.74) is 0.177. The minimum Gasteiger partial charge on any atom is -0.206 e. The summed E-state index contributed by atoms with van der Waals surface area (Å²) >= 11 is 4.60. The summed E-state index contributed by atoms with van der Waals surface area (Å²) in [5, 5.41) is 1.81. The second-order valence-electron chi connectivity index (χ2n) is 4.85. The largest absolute Gasteiger partial charge is 0.253 e. The number of thiophene rings is 1. The number of hydrogen-bond acceptors (Lipinski definition) is 3. The summed E-state index contributed by atoms with van der Waals surface area (Å²) < 4.78 is 27.8. The van der Waals surface area contributed by atoms with E-state index in [2.05, 4.69) is 29.8 Å². The van der Waals surface area contributed by atoms with Crippen LogP contribution in [0.25, 0.3) is 0 Å². The first kappa shape index (κ1) is 14.5. The molecule has 0 spiro atoms. The Morgan fingerprint density at radius 2 is 2.11 bits per heavy atom. The summed E-state index contributed by atoms with van der Waals surface area (Å²) in [6.45, 7) is 5.61. The number of sulfonamides is 1. The van der Waals surface area contributed by atoms with Crippen LogP contribution in [0.4, 0.5) is 0 Å². The van der Waals surface area contributed by atoms with Crippen molar-refractivity contribution in [2.24, 2.45) is 5.41 Å². The Bertz CT molecular complexity index is 520. The molecule has 18 heavy (non-hydrogen) atoms. The van der Waals surface area contributed by atoms with E-state index in [-0.39, 0.29) is 5.41 Å². The lowest BCUT2D eigenvalue weighted by atomic mass is 9.82. The molecule has 1 saturated heterocycles. The van der Waals surface area contributed by atoms with Gasteiger partial charge in [0.2, 0.25) is 0 Å². The van der Waals surface area contributed by atoms with Crippen LogP contribution < -0.4 is 0 Å². The van der Waals surface area contributed by atoms with Crippen LogP contribution in [0.2, 0.25) is 0 Å². The zero-order valence-corrected chi connectivity index (χ0v) is 13.9. The Morgan fingerprint density at radius 3 is 2.56 bits per heavy atom. The first-order valence-corrected chi connectivity index (χ1v) is 9.29. The van der Waals surface area contributed by atoms with Crippen LogP contribution in [-0.4, -0.2) is 25.8 Å². The highest BCUT2D eigenvalue weighted by Gasteiger charge is 2.41. The lowest BCUT2D eigenvalue weighted by Gasteiger charge is -2.26. The molecule has 1 fully saturated rings. The van der Waals surface area contributed by atoms with Gasteiger partial charge >= 0.3 is 0 Å². The van der Waals surface area contributed by atoms with Gasteiger partial charge in [-0.05, 0) is 52.1 Å². The Morgan fingerprint density at radius 1 is 1.44 bits per heavy atom. The van der Waals surface area contributed by atoms with E-state index in [4.69, 9.17) is 0 Å². The zero-order valence-electron chi connectivity index (χ0n) is 10.6. The van der Waals surface area contributed by atoms with Crippen molar-refractivity contribution in [1.29, 1.82) is 0 Å². The molecule has 2 heterocycles.